The van der Waals surface area contributed by atoms with E-state index in [2.05, 4.69) is 5.32 Å². The summed E-state index contributed by atoms with van der Waals surface area (Å²) in [6, 6.07) is 11.5. The quantitative estimate of drug-likeness (QED) is 0.660. The molecule has 1 aromatic heterocycles. The highest BCUT2D eigenvalue weighted by molar-refractivity contribution is 5.99. The van der Waals surface area contributed by atoms with Crippen molar-refractivity contribution < 1.29 is 22.8 Å². The highest BCUT2D eigenvalue weighted by Gasteiger charge is 2.29. The molecule has 3 aromatic rings. The summed E-state index contributed by atoms with van der Waals surface area (Å²) in [7, 11) is 1.65. The van der Waals surface area contributed by atoms with E-state index in [9.17, 15) is 18.4 Å². The number of nitrogens with one attached hydrogen (secondary N) is 1. The van der Waals surface area contributed by atoms with Crippen molar-refractivity contribution in [2.24, 2.45) is 0 Å². The van der Waals surface area contributed by atoms with E-state index in [0.29, 0.717) is 29.1 Å². The maximum atomic E-state index is 13.6. The third-order valence-electron chi connectivity index (χ3n) is 5.09. The van der Waals surface area contributed by atoms with Crippen molar-refractivity contribution in [1.82, 2.24) is 10.2 Å². The van der Waals surface area contributed by atoms with E-state index in [0.717, 1.165) is 17.4 Å². The number of furan rings is 1. The van der Waals surface area contributed by atoms with Crippen molar-refractivity contribution in [3.05, 3.63) is 88.4 Å². The van der Waals surface area contributed by atoms with Crippen molar-refractivity contribution in [2.75, 3.05) is 11.9 Å². The van der Waals surface area contributed by atoms with Gasteiger partial charge in [-0.15, -0.1) is 0 Å². The molecule has 31 heavy (non-hydrogen) atoms. The van der Waals surface area contributed by atoms with Crippen LogP contribution in [0.25, 0.3) is 0 Å². The average Bonchev–Trinajstić information content (AvgIpc) is 3.14. The Labute approximate surface area is 178 Å². The van der Waals surface area contributed by atoms with E-state index in [1.807, 2.05) is 13.0 Å². The first-order valence-corrected chi connectivity index (χ1v) is 9.74. The number of anilines is 1. The molecule has 0 bridgehead atoms. The molecule has 1 aliphatic heterocycles. The minimum atomic E-state index is -0.714. The van der Waals surface area contributed by atoms with E-state index in [4.69, 9.17) is 4.42 Å². The van der Waals surface area contributed by atoms with Crippen LogP contribution < -0.4 is 10.2 Å². The van der Waals surface area contributed by atoms with E-state index < -0.39 is 11.6 Å². The summed E-state index contributed by atoms with van der Waals surface area (Å²) < 4.78 is 32.7. The number of benzene rings is 2. The molecular weight excluding hydrogens is 404 g/mol. The van der Waals surface area contributed by atoms with Gasteiger partial charge >= 0.3 is 6.03 Å². The number of rotatable bonds is 5. The Morgan fingerprint density at radius 2 is 1.84 bits per heavy atom. The highest BCUT2D eigenvalue weighted by Crippen LogP contribution is 2.31. The van der Waals surface area contributed by atoms with Gasteiger partial charge in [0, 0.05) is 25.2 Å². The van der Waals surface area contributed by atoms with E-state index >= 15 is 0 Å². The van der Waals surface area contributed by atoms with Crippen molar-refractivity contribution in [3.63, 3.8) is 0 Å². The number of nitrogens with zero attached hydrogens (tertiary/aromatic N) is 2. The Balaban J connectivity index is 1.60. The Hall–Kier alpha value is -3.68. The van der Waals surface area contributed by atoms with Gasteiger partial charge < -0.3 is 14.6 Å². The summed E-state index contributed by atoms with van der Waals surface area (Å²) in [6.07, 6.45) is 0. The molecule has 2 aromatic carbocycles. The van der Waals surface area contributed by atoms with Crippen LogP contribution in [-0.4, -0.2) is 23.9 Å². The molecule has 8 heteroatoms. The normalized spacial score (nSPS) is 13.4. The molecule has 1 N–H and O–H groups in total. The summed E-state index contributed by atoms with van der Waals surface area (Å²) in [5.41, 5.74) is 2.05. The number of urea groups is 1. The number of hydrogen-bond acceptors (Lipinski definition) is 3. The van der Waals surface area contributed by atoms with Crippen LogP contribution in [0.5, 0.6) is 0 Å². The molecule has 0 spiro atoms. The third kappa shape index (κ3) is 4.42. The average molecular weight is 425 g/mol. The summed E-state index contributed by atoms with van der Waals surface area (Å²) in [5, 5.41) is 2.79. The molecule has 0 unspecified atom stereocenters. The molecule has 3 amide bonds. The third-order valence-corrected chi connectivity index (χ3v) is 5.09. The van der Waals surface area contributed by atoms with Crippen LogP contribution in [0.4, 0.5) is 19.3 Å². The number of hydrogen-bond donors (Lipinski definition) is 1. The number of amides is 3. The van der Waals surface area contributed by atoms with Crippen LogP contribution in [0, 0.1) is 18.6 Å². The summed E-state index contributed by atoms with van der Waals surface area (Å²) >= 11 is 0. The number of carbonyl (C=O) groups excluding carboxylic acids is 2. The molecule has 0 atom stereocenters. The van der Waals surface area contributed by atoms with E-state index in [1.165, 1.54) is 21.9 Å². The van der Waals surface area contributed by atoms with Gasteiger partial charge in [0.05, 0.1) is 18.8 Å². The van der Waals surface area contributed by atoms with E-state index in [1.54, 1.807) is 31.3 Å². The monoisotopic (exact) mass is 425 g/mol. The molecule has 2 heterocycles. The maximum Gasteiger partial charge on any atom is 0.324 e. The van der Waals surface area contributed by atoms with Gasteiger partial charge in [-0.3, -0.25) is 9.69 Å². The second kappa shape index (κ2) is 8.22. The Kier molecular flexibility index (Phi) is 5.46. The molecule has 6 nitrogen and oxygen atoms in total. The first kappa shape index (κ1) is 20.6. The summed E-state index contributed by atoms with van der Waals surface area (Å²) in [6.45, 7) is 2.40. The minimum absolute atomic E-state index is 0.0262. The smallest absolute Gasteiger partial charge is 0.324 e. The Bertz CT molecular complexity index is 1140. The summed E-state index contributed by atoms with van der Waals surface area (Å²) in [5.74, 6) is -0.357. The van der Waals surface area contributed by atoms with Gasteiger partial charge in [-0.1, -0.05) is 6.07 Å². The molecule has 0 saturated heterocycles. The lowest BCUT2D eigenvalue weighted by atomic mass is 10.0. The van der Waals surface area contributed by atoms with Crippen LogP contribution >= 0.6 is 0 Å². The first-order chi connectivity index (χ1) is 14.8. The zero-order valence-electron chi connectivity index (χ0n) is 17.1. The van der Waals surface area contributed by atoms with Gasteiger partial charge in [0.15, 0.2) is 0 Å². The molecular formula is C23H21F2N3O3. The SMILES string of the molecule is Cc1ccc(CNC(=O)c2ccc3c(c2)N(Cc2cc(F)cc(F)c2)C(=O)N(C)C3)o1. The lowest BCUT2D eigenvalue weighted by Gasteiger charge is -2.35. The van der Waals surface area contributed by atoms with Crippen LogP contribution in [-0.2, 0) is 19.6 Å². The first-order valence-electron chi connectivity index (χ1n) is 9.74. The maximum absolute atomic E-state index is 13.6. The predicted octanol–water partition coefficient (Wildman–Crippen LogP) is 4.37. The van der Waals surface area contributed by atoms with Gasteiger partial charge in [0.2, 0.25) is 0 Å². The van der Waals surface area contributed by atoms with Gasteiger partial charge in [-0.05, 0) is 54.4 Å². The minimum Gasteiger partial charge on any atom is -0.465 e. The Morgan fingerprint density at radius 3 is 2.52 bits per heavy atom. The Morgan fingerprint density at radius 1 is 1.10 bits per heavy atom. The molecule has 4 rings (SSSR count). The second-order valence-corrected chi connectivity index (χ2v) is 7.54. The molecule has 0 fully saturated rings. The second-order valence-electron chi connectivity index (χ2n) is 7.54. The standard InChI is InChI=1S/C23H21F2N3O3/c1-14-3-6-20(31-14)11-26-22(29)16-4-5-17-13-27(2)23(30)28(21(17)9-16)12-15-7-18(24)10-19(25)8-15/h3-10H,11-13H2,1-2H3,(H,26,29). The van der Waals surface area contributed by atoms with E-state index in [-0.39, 0.29) is 25.0 Å². The van der Waals surface area contributed by atoms with Gasteiger partial charge in [-0.2, -0.15) is 0 Å². The van der Waals surface area contributed by atoms with Crippen molar-refractivity contribution in [1.29, 1.82) is 0 Å². The predicted molar refractivity (Wildman–Crippen MR) is 110 cm³/mol. The van der Waals surface area contributed by atoms with Crippen molar-refractivity contribution in [3.8, 4) is 0 Å². The summed E-state index contributed by atoms with van der Waals surface area (Å²) in [4.78, 5) is 28.4. The van der Waals surface area contributed by atoms with Crippen LogP contribution in [0.3, 0.4) is 0 Å². The number of fused-ring (bicyclic) bond motifs is 1. The lowest BCUT2D eigenvalue weighted by molar-refractivity contribution is 0.0947. The molecule has 0 aliphatic carbocycles. The highest BCUT2D eigenvalue weighted by atomic mass is 19.1. The number of halogens is 2. The molecule has 0 saturated carbocycles. The largest absolute Gasteiger partial charge is 0.465 e. The van der Waals surface area contributed by atoms with Crippen molar-refractivity contribution >= 4 is 17.6 Å². The fraction of sp³-hybridized carbons (Fsp3) is 0.217. The van der Waals surface area contributed by atoms with Crippen LogP contribution in [0.1, 0.15) is 33.0 Å². The lowest BCUT2D eigenvalue weighted by Crippen LogP contribution is -2.45. The number of aryl methyl sites for hydroxylation is 1. The zero-order chi connectivity index (χ0) is 22.1. The van der Waals surface area contributed by atoms with Crippen LogP contribution in [0.2, 0.25) is 0 Å². The fourth-order valence-electron chi connectivity index (χ4n) is 3.61. The fourth-order valence-corrected chi connectivity index (χ4v) is 3.61. The molecule has 0 radical (unpaired) electrons. The zero-order valence-corrected chi connectivity index (χ0v) is 17.1. The van der Waals surface area contributed by atoms with Gasteiger partial charge in [0.1, 0.15) is 23.2 Å². The van der Waals surface area contributed by atoms with Gasteiger partial charge in [-0.25, -0.2) is 13.6 Å². The molecule has 1 aliphatic rings. The van der Waals surface area contributed by atoms with Crippen molar-refractivity contribution in [2.45, 2.75) is 26.6 Å². The molecule has 160 valence electrons. The topological polar surface area (TPSA) is 65.8 Å². The van der Waals surface area contributed by atoms with Crippen LogP contribution in [0.15, 0.2) is 52.9 Å². The van der Waals surface area contributed by atoms with Gasteiger partial charge in [0.25, 0.3) is 5.91 Å². The number of carbonyl (C=O) groups is 2.